The minimum absolute atomic E-state index is 0.575. The number of benzene rings is 1. The van der Waals surface area contributed by atoms with E-state index in [0.717, 1.165) is 15.4 Å². The Kier molecular flexibility index (Phi) is 1.36. The summed E-state index contributed by atoms with van der Waals surface area (Å²) in [6, 6.07) is 7.92. The third kappa shape index (κ3) is 0.906. The molecular weight excluding hydrogens is 154 g/mol. The van der Waals surface area contributed by atoms with Crippen LogP contribution in [0.1, 0.15) is 5.56 Å². The molecule has 0 saturated heterocycles. The third-order valence-corrected chi connectivity index (χ3v) is 2.69. The van der Waals surface area contributed by atoms with Crippen molar-refractivity contribution in [3.8, 4) is 0 Å². The summed E-state index contributed by atoms with van der Waals surface area (Å²) in [7, 11) is 0. The molecular formula is C9H7NS. The molecule has 1 aromatic rings. The Morgan fingerprint density at radius 3 is 2.73 bits per heavy atom. The van der Waals surface area contributed by atoms with Crippen LogP contribution in [0, 0.1) is 5.41 Å². The molecule has 0 aliphatic carbocycles. The Hall–Kier alpha value is -1.02. The number of thioether (sulfide) groups is 1. The molecule has 1 heterocycles. The van der Waals surface area contributed by atoms with E-state index in [2.05, 4.69) is 6.58 Å². The Morgan fingerprint density at radius 1 is 1.27 bits per heavy atom. The molecule has 0 spiro atoms. The monoisotopic (exact) mass is 161 g/mol. The van der Waals surface area contributed by atoms with E-state index >= 15 is 0 Å². The van der Waals surface area contributed by atoms with Crippen LogP contribution in [0.3, 0.4) is 0 Å². The highest BCUT2D eigenvalue weighted by atomic mass is 32.2. The molecule has 54 valence electrons. The first-order valence-electron chi connectivity index (χ1n) is 3.34. The van der Waals surface area contributed by atoms with Crippen LogP contribution >= 0.6 is 11.8 Å². The highest BCUT2D eigenvalue weighted by Crippen LogP contribution is 2.38. The summed E-state index contributed by atoms with van der Waals surface area (Å²) in [4.78, 5) is 2.01. The molecule has 1 aromatic carbocycles. The fraction of sp³-hybridized carbons (Fsp3) is 0. The molecule has 11 heavy (non-hydrogen) atoms. The molecule has 2 rings (SSSR count). The van der Waals surface area contributed by atoms with Crippen LogP contribution in [0.25, 0.3) is 0 Å². The van der Waals surface area contributed by atoms with Crippen molar-refractivity contribution < 1.29 is 0 Å². The van der Waals surface area contributed by atoms with E-state index in [-0.39, 0.29) is 0 Å². The lowest BCUT2D eigenvalue weighted by Gasteiger charge is -1.92. The van der Waals surface area contributed by atoms with Gasteiger partial charge in [-0.05, 0) is 6.07 Å². The summed E-state index contributed by atoms with van der Waals surface area (Å²) in [5.74, 6) is 0. The number of fused-ring (bicyclic) bond motifs is 1. The van der Waals surface area contributed by atoms with Gasteiger partial charge in [-0.1, -0.05) is 36.5 Å². The van der Waals surface area contributed by atoms with Crippen LogP contribution in [-0.2, 0) is 0 Å². The molecule has 0 fully saturated rings. The van der Waals surface area contributed by atoms with Gasteiger partial charge in [-0.3, -0.25) is 5.41 Å². The molecule has 0 aromatic heterocycles. The lowest BCUT2D eigenvalue weighted by molar-refractivity contribution is 1.41. The van der Waals surface area contributed by atoms with Crippen molar-refractivity contribution in [3.63, 3.8) is 0 Å². The van der Waals surface area contributed by atoms with Crippen molar-refractivity contribution in [2.24, 2.45) is 0 Å². The van der Waals surface area contributed by atoms with Crippen molar-refractivity contribution in [2.45, 2.75) is 4.90 Å². The van der Waals surface area contributed by atoms with Crippen LogP contribution < -0.4 is 0 Å². The van der Waals surface area contributed by atoms with Gasteiger partial charge in [0.15, 0.2) is 0 Å². The van der Waals surface area contributed by atoms with Gasteiger partial charge in [0.1, 0.15) is 0 Å². The lowest BCUT2D eigenvalue weighted by Crippen LogP contribution is -1.91. The first-order valence-corrected chi connectivity index (χ1v) is 4.16. The van der Waals surface area contributed by atoms with Crippen LogP contribution in [-0.4, -0.2) is 5.71 Å². The molecule has 1 aliphatic heterocycles. The SMILES string of the molecule is C=C1Sc2ccccc2C1=N. The van der Waals surface area contributed by atoms with Gasteiger partial charge in [0, 0.05) is 15.4 Å². The van der Waals surface area contributed by atoms with E-state index in [9.17, 15) is 0 Å². The summed E-state index contributed by atoms with van der Waals surface area (Å²) < 4.78 is 0. The average molecular weight is 161 g/mol. The minimum Gasteiger partial charge on any atom is -0.299 e. The Bertz CT molecular complexity index is 341. The van der Waals surface area contributed by atoms with E-state index in [1.807, 2.05) is 24.3 Å². The van der Waals surface area contributed by atoms with E-state index in [1.54, 1.807) is 11.8 Å². The molecule has 1 N–H and O–H groups in total. The zero-order chi connectivity index (χ0) is 7.84. The van der Waals surface area contributed by atoms with Gasteiger partial charge in [-0.25, -0.2) is 0 Å². The average Bonchev–Trinajstić information content (AvgIpc) is 2.30. The quantitative estimate of drug-likeness (QED) is 0.621. The first-order chi connectivity index (χ1) is 5.29. The lowest BCUT2D eigenvalue weighted by atomic mass is 10.1. The van der Waals surface area contributed by atoms with Crippen molar-refractivity contribution in [2.75, 3.05) is 0 Å². The van der Waals surface area contributed by atoms with Gasteiger partial charge in [-0.2, -0.15) is 0 Å². The molecule has 0 unspecified atom stereocenters. The topological polar surface area (TPSA) is 23.9 Å². The standard InChI is InChI=1S/C9H7NS/c1-6-9(10)7-4-2-3-5-8(7)11-6/h2-5,10H,1H2. The van der Waals surface area contributed by atoms with E-state index in [1.165, 1.54) is 0 Å². The first kappa shape index (κ1) is 6.68. The van der Waals surface area contributed by atoms with E-state index in [4.69, 9.17) is 5.41 Å². The summed E-state index contributed by atoms with van der Waals surface area (Å²) in [5, 5.41) is 7.62. The smallest absolute Gasteiger partial charge is 0.0756 e. The van der Waals surface area contributed by atoms with Gasteiger partial charge in [0.05, 0.1) is 5.71 Å². The van der Waals surface area contributed by atoms with E-state index in [0.29, 0.717) is 5.71 Å². The van der Waals surface area contributed by atoms with Crippen molar-refractivity contribution in [1.82, 2.24) is 0 Å². The summed E-state index contributed by atoms with van der Waals surface area (Å²) >= 11 is 1.58. The second-order valence-corrected chi connectivity index (χ2v) is 3.53. The van der Waals surface area contributed by atoms with Crippen molar-refractivity contribution in [1.29, 1.82) is 5.41 Å². The zero-order valence-electron chi connectivity index (χ0n) is 5.92. The molecule has 0 radical (unpaired) electrons. The predicted octanol–water partition coefficient (Wildman–Crippen LogP) is 2.67. The summed E-state index contributed by atoms with van der Waals surface area (Å²) in [5.41, 5.74) is 1.59. The Balaban J connectivity index is 2.64. The number of rotatable bonds is 0. The van der Waals surface area contributed by atoms with E-state index < -0.39 is 0 Å². The molecule has 0 saturated carbocycles. The summed E-state index contributed by atoms with van der Waals surface area (Å²) in [6.45, 7) is 3.79. The number of hydrogen-bond donors (Lipinski definition) is 1. The largest absolute Gasteiger partial charge is 0.299 e. The van der Waals surface area contributed by atoms with Crippen LogP contribution in [0.15, 0.2) is 40.6 Å². The normalized spacial score (nSPS) is 15.3. The van der Waals surface area contributed by atoms with Gasteiger partial charge in [0.2, 0.25) is 0 Å². The molecule has 1 aliphatic rings. The maximum atomic E-state index is 7.62. The fourth-order valence-electron chi connectivity index (χ4n) is 1.10. The maximum absolute atomic E-state index is 7.62. The van der Waals surface area contributed by atoms with Gasteiger partial charge in [0.25, 0.3) is 0 Å². The van der Waals surface area contributed by atoms with Gasteiger partial charge in [-0.15, -0.1) is 0 Å². The van der Waals surface area contributed by atoms with Crippen LogP contribution in [0.5, 0.6) is 0 Å². The fourth-order valence-corrected chi connectivity index (χ4v) is 2.00. The van der Waals surface area contributed by atoms with Gasteiger partial charge >= 0.3 is 0 Å². The molecule has 1 nitrogen and oxygen atoms in total. The third-order valence-electron chi connectivity index (χ3n) is 1.67. The molecule has 0 amide bonds. The Labute approximate surface area is 69.6 Å². The summed E-state index contributed by atoms with van der Waals surface area (Å²) in [6.07, 6.45) is 0. The molecule has 2 heteroatoms. The highest BCUT2D eigenvalue weighted by molar-refractivity contribution is 8.04. The second-order valence-electron chi connectivity index (χ2n) is 2.40. The van der Waals surface area contributed by atoms with Crippen molar-refractivity contribution in [3.05, 3.63) is 41.3 Å². The second kappa shape index (κ2) is 2.24. The number of hydrogen-bond acceptors (Lipinski definition) is 2. The maximum Gasteiger partial charge on any atom is 0.0756 e. The van der Waals surface area contributed by atoms with Crippen LogP contribution in [0.4, 0.5) is 0 Å². The number of allylic oxidation sites excluding steroid dienone is 1. The van der Waals surface area contributed by atoms with Crippen molar-refractivity contribution >= 4 is 17.5 Å². The predicted molar refractivity (Wildman–Crippen MR) is 48.3 cm³/mol. The Morgan fingerprint density at radius 2 is 2.00 bits per heavy atom. The van der Waals surface area contributed by atoms with Crippen LogP contribution in [0.2, 0.25) is 0 Å². The zero-order valence-corrected chi connectivity index (χ0v) is 6.74. The number of nitrogens with one attached hydrogen (secondary N) is 1. The molecule has 0 atom stereocenters. The van der Waals surface area contributed by atoms with Gasteiger partial charge < -0.3 is 0 Å². The minimum atomic E-state index is 0.575. The molecule has 0 bridgehead atoms. The highest BCUT2D eigenvalue weighted by Gasteiger charge is 2.19.